The van der Waals surface area contributed by atoms with Crippen LogP contribution in [-0.2, 0) is 4.79 Å². The molecule has 1 aromatic carbocycles. The van der Waals surface area contributed by atoms with E-state index in [1.807, 2.05) is 49.1 Å². The van der Waals surface area contributed by atoms with E-state index in [0.717, 1.165) is 18.4 Å². The minimum absolute atomic E-state index is 0.0546. The van der Waals surface area contributed by atoms with Gasteiger partial charge in [-0.2, -0.15) is 0 Å². The minimum atomic E-state index is -0.290. The topological polar surface area (TPSA) is 40.5 Å². The zero-order chi connectivity index (χ0) is 15.4. The summed E-state index contributed by atoms with van der Waals surface area (Å²) >= 11 is 6.12. The number of benzene rings is 1. The van der Waals surface area contributed by atoms with Gasteiger partial charge >= 0.3 is 0 Å². The normalized spacial score (nSPS) is 18.7. The molecule has 1 atom stereocenters. The quantitative estimate of drug-likeness (QED) is 0.870. The van der Waals surface area contributed by atoms with Crippen molar-refractivity contribution in [3.63, 3.8) is 0 Å². The predicted octanol–water partition coefficient (Wildman–Crippen LogP) is 3.36. The maximum atomic E-state index is 12.4. The van der Waals surface area contributed by atoms with Crippen molar-refractivity contribution in [3.05, 3.63) is 40.4 Å². The van der Waals surface area contributed by atoms with Crippen molar-refractivity contribution in [2.75, 3.05) is 13.1 Å². The fourth-order valence-corrected chi connectivity index (χ4v) is 2.91. The summed E-state index contributed by atoms with van der Waals surface area (Å²) in [6.07, 6.45) is 3.28. The van der Waals surface area contributed by atoms with Crippen LogP contribution < -0.4 is 0 Å². The van der Waals surface area contributed by atoms with Gasteiger partial charge < -0.3 is 10.0 Å². The van der Waals surface area contributed by atoms with Crippen molar-refractivity contribution in [1.29, 1.82) is 0 Å². The Morgan fingerprint density at radius 1 is 1.38 bits per heavy atom. The second kappa shape index (κ2) is 7.10. The number of hydrogen-bond acceptors (Lipinski definition) is 2. The van der Waals surface area contributed by atoms with Gasteiger partial charge in [0.15, 0.2) is 0 Å². The highest BCUT2D eigenvalue weighted by Crippen LogP contribution is 2.23. The van der Waals surface area contributed by atoms with E-state index < -0.39 is 0 Å². The van der Waals surface area contributed by atoms with Crippen molar-refractivity contribution in [2.45, 2.75) is 32.8 Å². The number of nitrogens with zero attached hydrogens (tertiary/aromatic N) is 1. The van der Waals surface area contributed by atoms with E-state index in [1.165, 1.54) is 0 Å². The SMILES string of the molecule is C/C(=C\c1ccccc1Cl)C(=O)N1CCC(C(C)O)CC1. The molecular formula is C17H22ClNO2. The highest BCUT2D eigenvalue weighted by Gasteiger charge is 2.25. The van der Waals surface area contributed by atoms with Crippen LogP contribution in [0, 0.1) is 5.92 Å². The number of rotatable bonds is 3. The molecule has 0 bridgehead atoms. The number of halogens is 1. The summed E-state index contributed by atoms with van der Waals surface area (Å²) in [5.74, 6) is 0.362. The lowest BCUT2D eigenvalue weighted by Gasteiger charge is -2.33. The van der Waals surface area contributed by atoms with E-state index >= 15 is 0 Å². The van der Waals surface area contributed by atoms with E-state index in [-0.39, 0.29) is 12.0 Å². The Hall–Kier alpha value is -1.32. The highest BCUT2D eigenvalue weighted by molar-refractivity contribution is 6.32. The molecule has 1 aliphatic heterocycles. The molecule has 1 amide bonds. The van der Waals surface area contributed by atoms with Gasteiger partial charge in [0.05, 0.1) is 6.10 Å². The van der Waals surface area contributed by atoms with Crippen LogP contribution in [0.2, 0.25) is 5.02 Å². The van der Waals surface area contributed by atoms with E-state index in [9.17, 15) is 9.90 Å². The molecule has 3 nitrogen and oxygen atoms in total. The lowest BCUT2D eigenvalue weighted by atomic mass is 9.92. The molecule has 1 aromatic rings. The third kappa shape index (κ3) is 4.08. The van der Waals surface area contributed by atoms with E-state index in [0.29, 0.717) is 29.6 Å². The summed E-state index contributed by atoms with van der Waals surface area (Å²) in [6.45, 7) is 5.07. The molecule has 0 spiro atoms. The van der Waals surface area contributed by atoms with E-state index in [4.69, 9.17) is 11.6 Å². The molecule has 0 radical (unpaired) electrons. The first-order chi connectivity index (χ1) is 9.99. The molecule has 1 unspecified atom stereocenters. The number of aliphatic hydroxyl groups excluding tert-OH is 1. The largest absolute Gasteiger partial charge is 0.393 e. The van der Waals surface area contributed by atoms with Crippen molar-refractivity contribution < 1.29 is 9.90 Å². The zero-order valence-corrected chi connectivity index (χ0v) is 13.3. The van der Waals surface area contributed by atoms with Crippen LogP contribution in [0.1, 0.15) is 32.3 Å². The number of carbonyl (C=O) groups excluding carboxylic acids is 1. The first kappa shape index (κ1) is 16.1. The van der Waals surface area contributed by atoms with Crippen molar-refractivity contribution in [3.8, 4) is 0 Å². The molecule has 0 aliphatic carbocycles. The molecule has 21 heavy (non-hydrogen) atoms. The second-order valence-electron chi connectivity index (χ2n) is 5.72. The van der Waals surface area contributed by atoms with Gasteiger partial charge in [0.2, 0.25) is 5.91 Å². The molecule has 2 rings (SSSR count). The molecule has 0 aromatic heterocycles. The Bertz CT molecular complexity index is 531. The Labute approximate surface area is 131 Å². The van der Waals surface area contributed by atoms with Gasteiger partial charge in [0, 0.05) is 23.7 Å². The zero-order valence-electron chi connectivity index (χ0n) is 12.6. The predicted molar refractivity (Wildman–Crippen MR) is 86.1 cm³/mol. The Kier molecular flexibility index (Phi) is 5.43. The van der Waals surface area contributed by atoms with Gasteiger partial charge in [0.1, 0.15) is 0 Å². The van der Waals surface area contributed by atoms with Gasteiger partial charge in [0.25, 0.3) is 0 Å². The van der Waals surface area contributed by atoms with Crippen LogP contribution >= 0.6 is 11.6 Å². The molecular weight excluding hydrogens is 286 g/mol. The lowest BCUT2D eigenvalue weighted by Crippen LogP contribution is -2.41. The number of hydrogen-bond donors (Lipinski definition) is 1. The Morgan fingerprint density at radius 3 is 2.57 bits per heavy atom. The fourth-order valence-electron chi connectivity index (χ4n) is 2.72. The Morgan fingerprint density at radius 2 is 2.00 bits per heavy atom. The summed E-state index contributed by atoms with van der Waals surface area (Å²) in [6, 6.07) is 7.50. The number of likely N-dealkylation sites (tertiary alicyclic amines) is 1. The molecule has 4 heteroatoms. The third-order valence-corrected chi connectivity index (χ3v) is 4.47. The molecule has 1 aliphatic rings. The molecule has 1 N–H and O–H groups in total. The Balaban J connectivity index is 2.02. The molecule has 114 valence electrons. The average molecular weight is 308 g/mol. The van der Waals surface area contributed by atoms with Crippen LogP contribution in [0.15, 0.2) is 29.8 Å². The molecule has 0 saturated carbocycles. The number of aliphatic hydroxyl groups is 1. The smallest absolute Gasteiger partial charge is 0.249 e. The van der Waals surface area contributed by atoms with Gasteiger partial charge in [-0.1, -0.05) is 29.8 Å². The van der Waals surface area contributed by atoms with E-state index in [2.05, 4.69) is 0 Å². The standard InChI is InChI=1S/C17H22ClNO2/c1-12(11-15-5-3-4-6-16(15)18)17(21)19-9-7-14(8-10-19)13(2)20/h3-6,11,13-14,20H,7-10H2,1-2H3/b12-11+. The summed E-state index contributed by atoms with van der Waals surface area (Å²) < 4.78 is 0. The van der Waals surface area contributed by atoms with Gasteiger partial charge in [-0.15, -0.1) is 0 Å². The summed E-state index contributed by atoms with van der Waals surface area (Å²) in [4.78, 5) is 14.3. The maximum Gasteiger partial charge on any atom is 0.249 e. The summed E-state index contributed by atoms with van der Waals surface area (Å²) in [5, 5.41) is 10.3. The number of piperidine rings is 1. The minimum Gasteiger partial charge on any atom is -0.393 e. The van der Waals surface area contributed by atoms with Gasteiger partial charge in [-0.25, -0.2) is 0 Å². The van der Waals surface area contributed by atoms with Gasteiger partial charge in [-0.05, 0) is 50.3 Å². The first-order valence-electron chi connectivity index (χ1n) is 7.39. The fraction of sp³-hybridized carbons (Fsp3) is 0.471. The van der Waals surface area contributed by atoms with Crippen LogP contribution in [0.5, 0.6) is 0 Å². The van der Waals surface area contributed by atoms with Crippen LogP contribution in [0.3, 0.4) is 0 Å². The number of amides is 1. The van der Waals surface area contributed by atoms with Crippen LogP contribution in [0.4, 0.5) is 0 Å². The monoisotopic (exact) mass is 307 g/mol. The highest BCUT2D eigenvalue weighted by atomic mass is 35.5. The molecule has 1 heterocycles. The van der Waals surface area contributed by atoms with Crippen molar-refractivity contribution in [2.24, 2.45) is 5.92 Å². The van der Waals surface area contributed by atoms with Crippen molar-refractivity contribution >= 4 is 23.6 Å². The number of carbonyl (C=O) groups is 1. The summed E-state index contributed by atoms with van der Waals surface area (Å²) in [7, 11) is 0. The van der Waals surface area contributed by atoms with Crippen LogP contribution in [-0.4, -0.2) is 35.1 Å². The molecule has 1 fully saturated rings. The van der Waals surface area contributed by atoms with E-state index in [1.54, 1.807) is 0 Å². The molecule has 1 saturated heterocycles. The average Bonchev–Trinajstić information content (AvgIpc) is 2.49. The van der Waals surface area contributed by atoms with Crippen LogP contribution in [0.25, 0.3) is 6.08 Å². The van der Waals surface area contributed by atoms with Gasteiger partial charge in [-0.3, -0.25) is 4.79 Å². The lowest BCUT2D eigenvalue weighted by molar-refractivity contribution is -0.128. The second-order valence-corrected chi connectivity index (χ2v) is 6.13. The summed E-state index contributed by atoms with van der Waals surface area (Å²) in [5.41, 5.74) is 1.56. The third-order valence-electron chi connectivity index (χ3n) is 4.12. The van der Waals surface area contributed by atoms with Crippen molar-refractivity contribution in [1.82, 2.24) is 4.90 Å². The first-order valence-corrected chi connectivity index (χ1v) is 7.77. The maximum absolute atomic E-state index is 12.4.